The van der Waals surface area contributed by atoms with Crippen LogP contribution in [0.4, 0.5) is 0 Å². The third-order valence-electron chi connectivity index (χ3n) is 3.89. The molecule has 0 radical (unpaired) electrons. The maximum absolute atomic E-state index is 12.9. The Bertz CT molecular complexity index is 906. The van der Waals surface area contributed by atoms with Gasteiger partial charge in [0.15, 0.2) is 11.5 Å². The van der Waals surface area contributed by atoms with Crippen molar-refractivity contribution in [1.29, 1.82) is 0 Å². The molecule has 3 rings (SSSR count). The summed E-state index contributed by atoms with van der Waals surface area (Å²) in [5.41, 5.74) is 1.49. The van der Waals surface area contributed by atoms with Gasteiger partial charge >= 0.3 is 0 Å². The second-order valence-corrected chi connectivity index (χ2v) is 6.93. The monoisotopic (exact) mass is 388 g/mol. The maximum atomic E-state index is 12.9. The first-order valence-corrected chi connectivity index (χ1v) is 8.97. The zero-order valence-electron chi connectivity index (χ0n) is 14.5. The standard InChI is InChI=1S/C20H17ClO4S/c1-23-15-10-13(11-16(24-2)20(15)25-3)19(22)18-9-8-17(26-18)12-4-6-14(21)7-5-12/h4-11H,1-3H3. The van der Waals surface area contributed by atoms with E-state index in [1.54, 1.807) is 12.1 Å². The van der Waals surface area contributed by atoms with Gasteiger partial charge in [0.1, 0.15) is 0 Å². The molecular weight excluding hydrogens is 372 g/mol. The molecule has 0 saturated heterocycles. The van der Waals surface area contributed by atoms with Crippen LogP contribution in [-0.2, 0) is 0 Å². The lowest BCUT2D eigenvalue weighted by atomic mass is 10.1. The minimum atomic E-state index is -0.102. The molecule has 0 N–H and O–H groups in total. The van der Waals surface area contributed by atoms with E-state index in [4.69, 9.17) is 25.8 Å². The fraction of sp³-hybridized carbons (Fsp3) is 0.150. The molecule has 6 heteroatoms. The van der Waals surface area contributed by atoms with E-state index >= 15 is 0 Å². The summed E-state index contributed by atoms with van der Waals surface area (Å²) in [4.78, 5) is 14.5. The molecule has 0 aliphatic rings. The summed E-state index contributed by atoms with van der Waals surface area (Å²) in [5, 5.41) is 0.680. The van der Waals surface area contributed by atoms with Crippen molar-refractivity contribution in [2.75, 3.05) is 21.3 Å². The molecule has 2 aromatic carbocycles. The number of carbonyl (C=O) groups is 1. The second-order valence-electron chi connectivity index (χ2n) is 5.41. The van der Waals surface area contributed by atoms with E-state index in [1.807, 2.05) is 36.4 Å². The Labute approximate surface area is 160 Å². The van der Waals surface area contributed by atoms with Gasteiger partial charge in [-0.25, -0.2) is 0 Å². The van der Waals surface area contributed by atoms with Crippen molar-refractivity contribution in [3.63, 3.8) is 0 Å². The highest BCUT2D eigenvalue weighted by molar-refractivity contribution is 7.17. The number of methoxy groups -OCH3 is 3. The number of rotatable bonds is 6. The average Bonchev–Trinajstić information content (AvgIpc) is 3.16. The first-order valence-electron chi connectivity index (χ1n) is 7.78. The first-order chi connectivity index (χ1) is 12.6. The van der Waals surface area contributed by atoms with Crippen LogP contribution >= 0.6 is 22.9 Å². The predicted molar refractivity (Wildman–Crippen MR) is 104 cm³/mol. The Kier molecular flexibility index (Phi) is 5.49. The second kappa shape index (κ2) is 7.81. The summed E-state index contributed by atoms with van der Waals surface area (Å²) >= 11 is 7.36. The molecule has 0 atom stereocenters. The summed E-state index contributed by atoms with van der Waals surface area (Å²) in [5.74, 6) is 1.25. The van der Waals surface area contributed by atoms with Gasteiger partial charge in [-0.15, -0.1) is 11.3 Å². The van der Waals surface area contributed by atoms with Crippen molar-refractivity contribution < 1.29 is 19.0 Å². The average molecular weight is 389 g/mol. The lowest BCUT2D eigenvalue weighted by Gasteiger charge is -2.13. The van der Waals surface area contributed by atoms with Crippen LogP contribution in [0.3, 0.4) is 0 Å². The highest BCUT2D eigenvalue weighted by Gasteiger charge is 2.19. The van der Waals surface area contributed by atoms with E-state index in [0.29, 0.717) is 32.7 Å². The number of hydrogen-bond donors (Lipinski definition) is 0. The van der Waals surface area contributed by atoms with Gasteiger partial charge in [0.2, 0.25) is 11.5 Å². The number of ether oxygens (including phenoxy) is 3. The normalized spacial score (nSPS) is 10.5. The van der Waals surface area contributed by atoms with Gasteiger partial charge in [0, 0.05) is 15.5 Å². The van der Waals surface area contributed by atoms with E-state index < -0.39 is 0 Å². The zero-order valence-corrected chi connectivity index (χ0v) is 16.1. The highest BCUT2D eigenvalue weighted by Crippen LogP contribution is 2.39. The third-order valence-corrected chi connectivity index (χ3v) is 5.27. The van der Waals surface area contributed by atoms with Crippen molar-refractivity contribution in [2.24, 2.45) is 0 Å². The minimum Gasteiger partial charge on any atom is -0.493 e. The van der Waals surface area contributed by atoms with Gasteiger partial charge in [0.25, 0.3) is 0 Å². The molecule has 0 aliphatic carbocycles. The van der Waals surface area contributed by atoms with E-state index in [9.17, 15) is 4.79 Å². The largest absolute Gasteiger partial charge is 0.493 e. The van der Waals surface area contributed by atoms with Gasteiger partial charge in [-0.1, -0.05) is 23.7 Å². The molecule has 0 amide bonds. The van der Waals surface area contributed by atoms with Crippen LogP contribution in [0.1, 0.15) is 15.2 Å². The Morgan fingerprint density at radius 2 is 1.50 bits per heavy atom. The number of ketones is 1. The number of hydrogen-bond acceptors (Lipinski definition) is 5. The summed E-state index contributed by atoms with van der Waals surface area (Å²) in [6, 6.07) is 14.6. The van der Waals surface area contributed by atoms with Crippen LogP contribution in [0.15, 0.2) is 48.5 Å². The quantitative estimate of drug-likeness (QED) is 0.536. The summed E-state index contributed by atoms with van der Waals surface area (Å²) < 4.78 is 16.0. The molecule has 0 saturated carbocycles. The van der Waals surface area contributed by atoms with Crippen molar-refractivity contribution in [3.8, 4) is 27.7 Å². The summed E-state index contributed by atoms with van der Waals surface area (Å²) in [7, 11) is 4.57. The van der Waals surface area contributed by atoms with Crippen LogP contribution in [0.5, 0.6) is 17.2 Å². The maximum Gasteiger partial charge on any atom is 0.203 e. The molecule has 0 bridgehead atoms. The Balaban J connectivity index is 1.96. The van der Waals surface area contributed by atoms with Gasteiger partial charge in [-0.2, -0.15) is 0 Å². The SMILES string of the molecule is COc1cc(C(=O)c2ccc(-c3ccc(Cl)cc3)s2)cc(OC)c1OC. The molecule has 26 heavy (non-hydrogen) atoms. The minimum absolute atomic E-state index is 0.102. The Morgan fingerprint density at radius 3 is 2.04 bits per heavy atom. The molecule has 4 nitrogen and oxygen atoms in total. The number of carbonyl (C=O) groups excluding carboxylic acids is 1. The zero-order chi connectivity index (χ0) is 18.7. The molecule has 134 valence electrons. The fourth-order valence-corrected chi connectivity index (χ4v) is 3.68. The lowest BCUT2D eigenvalue weighted by Crippen LogP contribution is -2.02. The fourth-order valence-electron chi connectivity index (χ4n) is 2.58. The van der Waals surface area contributed by atoms with Crippen molar-refractivity contribution >= 4 is 28.7 Å². The smallest absolute Gasteiger partial charge is 0.203 e. The lowest BCUT2D eigenvalue weighted by molar-refractivity contribution is 0.104. The molecule has 1 aromatic heterocycles. The number of thiophene rings is 1. The van der Waals surface area contributed by atoms with Gasteiger partial charge in [0.05, 0.1) is 26.2 Å². The van der Waals surface area contributed by atoms with Gasteiger partial charge in [-0.3, -0.25) is 4.79 Å². The summed E-state index contributed by atoms with van der Waals surface area (Å²) in [6.45, 7) is 0. The molecule has 0 unspecified atom stereocenters. The van der Waals surface area contributed by atoms with Gasteiger partial charge in [-0.05, 0) is 42.0 Å². The Morgan fingerprint density at radius 1 is 0.885 bits per heavy atom. The summed E-state index contributed by atoms with van der Waals surface area (Å²) in [6.07, 6.45) is 0. The first kappa shape index (κ1) is 18.3. The van der Waals surface area contributed by atoms with E-state index in [-0.39, 0.29) is 5.78 Å². The molecule has 0 aliphatic heterocycles. The number of halogens is 1. The van der Waals surface area contributed by atoms with Crippen LogP contribution in [0.2, 0.25) is 5.02 Å². The molecule has 0 spiro atoms. The van der Waals surface area contributed by atoms with Crippen molar-refractivity contribution in [1.82, 2.24) is 0 Å². The third kappa shape index (κ3) is 3.54. The molecular formula is C20H17ClO4S. The van der Waals surface area contributed by atoms with E-state index in [2.05, 4.69) is 0 Å². The van der Waals surface area contributed by atoms with Crippen LogP contribution in [0.25, 0.3) is 10.4 Å². The van der Waals surface area contributed by atoms with E-state index in [1.165, 1.54) is 32.7 Å². The van der Waals surface area contributed by atoms with Crippen LogP contribution in [0, 0.1) is 0 Å². The molecule has 3 aromatic rings. The van der Waals surface area contributed by atoms with Crippen molar-refractivity contribution in [2.45, 2.75) is 0 Å². The highest BCUT2D eigenvalue weighted by atomic mass is 35.5. The van der Waals surface area contributed by atoms with Crippen molar-refractivity contribution in [3.05, 3.63) is 64.0 Å². The predicted octanol–water partition coefficient (Wildman–Crippen LogP) is 5.33. The molecule has 0 fully saturated rings. The number of benzene rings is 2. The van der Waals surface area contributed by atoms with Crippen LogP contribution < -0.4 is 14.2 Å². The molecule has 1 heterocycles. The Hall–Kier alpha value is -2.50. The van der Waals surface area contributed by atoms with Crippen LogP contribution in [-0.4, -0.2) is 27.1 Å². The van der Waals surface area contributed by atoms with Gasteiger partial charge < -0.3 is 14.2 Å². The van der Waals surface area contributed by atoms with E-state index in [0.717, 1.165) is 10.4 Å². The topological polar surface area (TPSA) is 44.8 Å².